The van der Waals surface area contributed by atoms with E-state index in [2.05, 4.69) is 10.1 Å². The van der Waals surface area contributed by atoms with Crippen LogP contribution < -0.4 is 9.47 Å². The summed E-state index contributed by atoms with van der Waals surface area (Å²) in [6.45, 7) is 2.07. The van der Waals surface area contributed by atoms with Crippen LogP contribution in [0.5, 0.6) is 11.5 Å². The molecule has 1 heterocycles. The zero-order valence-electron chi connectivity index (χ0n) is 16.5. The molecule has 0 saturated heterocycles. The molecule has 8 heteroatoms. The number of aromatic nitrogens is 2. The minimum Gasteiger partial charge on any atom is -0.497 e. The number of rotatable bonds is 8. The Labute approximate surface area is 174 Å². The molecule has 1 atom stereocenters. The molecule has 3 rings (SSSR count). The van der Waals surface area contributed by atoms with E-state index >= 15 is 0 Å². The molecular weight excluding hydrogens is 394 g/mol. The first-order valence-electron chi connectivity index (χ1n) is 9.14. The Morgan fingerprint density at radius 2 is 1.79 bits per heavy atom. The van der Waals surface area contributed by atoms with Gasteiger partial charge in [-0.15, -0.1) is 0 Å². The predicted octanol–water partition coefficient (Wildman–Crippen LogP) is 4.21. The van der Waals surface area contributed by atoms with Crippen LogP contribution in [0.2, 0.25) is 5.02 Å². The van der Waals surface area contributed by atoms with Crippen LogP contribution in [0.3, 0.4) is 0 Å². The quantitative estimate of drug-likeness (QED) is 0.548. The Morgan fingerprint density at radius 1 is 1.14 bits per heavy atom. The third kappa shape index (κ3) is 5.26. The maximum atomic E-state index is 12.8. The van der Waals surface area contributed by atoms with E-state index in [1.54, 1.807) is 38.4 Å². The summed E-state index contributed by atoms with van der Waals surface area (Å²) in [7, 11) is 3.28. The summed E-state index contributed by atoms with van der Waals surface area (Å²) < 4.78 is 16.3. The van der Waals surface area contributed by atoms with Crippen LogP contribution >= 0.6 is 11.6 Å². The number of halogens is 1. The second-order valence-corrected chi connectivity index (χ2v) is 6.84. The lowest BCUT2D eigenvalue weighted by atomic mass is 10.2. The van der Waals surface area contributed by atoms with E-state index in [1.165, 1.54) is 4.90 Å². The molecule has 0 fully saturated rings. The van der Waals surface area contributed by atoms with Gasteiger partial charge in [0.05, 0.1) is 13.7 Å². The number of amides is 1. The lowest BCUT2D eigenvalue weighted by Crippen LogP contribution is -2.39. The van der Waals surface area contributed by atoms with Crippen molar-refractivity contribution in [2.45, 2.75) is 26.0 Å². The third-order valence-corrected chi connectivity index (χ3v) is 4.56. The van der Waals surface area contributed by atoms with Gasteiger partial charge in [0.15, 0.2) is 6.10 Å². The standard InChI is InChI=1S/C21H22ClN3O4/c1-4-18(28-17-11-7-15(22)8-12-17)21(26)25(2)13-19-23-20(24-29-19)14-5-9-16(27-3)10-6-14/h5-12,18H,4,13H2,1-3H3/t18-/m1/s1. The van der Waals surface area contributed by atoms with Crippen molar-refractivity contribution < 1.29 is 18.8 Å². The van der Waals surface area contributed by atoms with Crippen LogP contribution in [0.1, 0.15) is 19.2 Å². The van der Waals surface area contributed by atoms with E-state index in [0.29, 0.717) is 28.9 Å². The average molecular weight is 416 g/mol. The first-order chi connectivity index (χ1) is 14.0. The van der Waals surface area contributed by atoms with Gasteiger partial charge in [0.25, 0.3) is 5.91 Å². The van der Waals surface area contributed by atoms with Crippen molar-refractivity contribution in [1.29, 1.82) is 0 Å². The number of hydrogen-bond acceptors (Lipinski definition) is 6. The topological polar surface area (TPSA) is 77.7 Å². The van der Waals surface area contributed by atoms with Crippen molar-refractivity contribution in [1.82, 2.24) is 15.0 Å². The van der Waals surface area contributed by atoms with Gasteiger partial charge in [-0.3, -0.25) is 4.79 Å². The van der Waals surface area contributed by atoms with Crippen molar-refractivity contribution in [3.63, 3.8) is 0 Å². The summed E-state index contributed by atoms with van der Waals surface area (Å²) >= 11 is 5.89. The number of likely N-dealkylation sites (N-methyl/N-ethyl adjacent to an activating group) is 1. The van der Waals surface area contributed by atoms with Gasteiger partial charge >= 0.3 is 0 Å². The van der Waals surface area contributed by atoms with Crippen LogP contribution in [0.15, 0.2) is 53.1 Å². The Hall–Kier alpha value is -3.06. The summed E-state index contributed by atoms with van der Waals surface area (Å²) in [5, 5.41) is 4.60. The number of methoxy groups -OCH3 is 1. The number of nitrogens with zero attached hydrogens (tertiary/aromatic N) is 3. The molecule has 1 amide bonds. The Kier molecular flexibility index (Phi) is 6.72. The smallest absolute Gasteiger partial charge is 0.263 e. The summed E-state index contributed by atoms with van der Waals surface area (Å²) in [4.78, 5) is 18.6. The fraction of sp³-hybridized carbons (Fsp3) is 0.286. The van der Waals surface area contributed by atoms with E-state index in [0.717, 1.165) is 11.3 Å². The number of ether oxygens (including phenoxy) is 2. The molecule has 1 aromatic heterocycles. The van der Waals surface area contributed by atoms with Gasteiger partial charge in [-0.05, 0) is 55.0 Å². The van der Waals surface area contributed by atoms with Gasteiger partial charge in [0.2, 0.25) is 11.7 Å². The lowest BCUT2D eigenvalue weighted by molar-refractivity contribution is -0.138. The molecule has 0 N–H and O–H groups in total. The highest BCUT2D eigenvalue weighted by atomic mass is 35.5. The van der Waals surface area contributed by atoms with Crippen molar-refractivity contribution in [2.75, 3.05) is 14.2 Å². The maximum Gasteiger partial charge on any atom is 0.263 e. The monoisotopic (exact) mass is 415 g/mol. The first-order valence-corrected chi connectivity index (χ1v) is 9.52. The van der Waals surface area contributed by atoms with Gasteiger partial charge in [0.1, 0.15) is 11.5 Å². The molecule has 152 valence electrons. The summed E-state index contributed by atoms with van der Waals surface area (Å²) in [5.74, 6) is 1.95. The van der Waals surface area contributed by atoms with Crippen LogP contribution in [-0.2, 0) is 11.3 Å². The molecule has 29 heavy (non-hydrogen) atoms. The molecule has 0 aliphatic heterocycles. The van der Waals surface area contributed by atoms with Crippen LogP contribution in [0.25, 0.3) is 11.4 Å². The molecule has 3 aromatic rings. The van der Waals surface area contributed by atoms with Gasteiger partial charge < -0.3 is 18.9 Å². The largest absolute Gasteiger partial charge is 0.497 e. The average Bonchev–Trinajstić information content (AvgIpc) is 3.21. The van der Waals surface area contributed by atoms with E-state index in [-0.39, 0.29) is 12.5 Å². The van der Waals surface area contributed by atoms with Crippen LogP contribution in [0, 0.1) is 0 Å². The molecule has 0 aliphatic rings. The van der Waals surface area contributed by atoms with Crippen molar-refractivity contribution >= 4 is 17.5 Å². The molecule has 0 spiro atoms. The van der Waals surface area contributed by atoms with Crippen molar-refractivity contribution in [3.8, 4) is 22.9 Å². The van der Waals surface area contributed by atoms with E-state index in [4.69, 9.17) is 25.6 Å². The molecule has 7 nitrogen and oxygen atoms in total. The zero-order valence-corrected chi connectivity index (χ0v) is 17.2. The SMILES string of the molecule is CC[C@@H](Oc1ccc(Cl)cc1)C(=O)N(C)Cc1nc(-c2ccc(OC)cc2)no1. The Balaban J connectivity index is 1.63. The highest BCUT2D eigenvalue weighted by Crippen LogP contribution is 2.21. The molecule has 0 unspecified atom stereocenters. The first kappa shape index (κ1) is 20.7. The van der Waals surface area contributed by atoms with Gasteiger partial charge in [0, 0.05) is 17.6 Å². The summed E-state index contributed by atoms with van der Waals surface area (Å²) in [5.41, 5.74) is 0.798. The molecule has 0 aliphatic carbocycles. The van der Waals surface area contributed by atoms with E-state index < -0.39 is 6.10 Å². The summed E-state index contributed by atoms with van der Waals surface area (Å²) in [6.07, 6.45) is -0.0997. The van der Waals surface area contributed by atoms with Crippen LogP contribution in [-0.4, -0.2) is 41.2 Å². The zero-order chi connectivity index (χ0) is 20.8. The fourth-order valence-corrected chi connectivity index (χ4v) is 2.81. The minimum atomic E-state index is -0.620. The molecular formula is C21H22ClN3O4. The number of benzene rings is 2. The van der Waals surface area contributed by atoms with Gasteiger partial charge in [-0.25, -0.2) is 0 Å². The number of carbonyl (C=O) groups excluding carboxylic acids is 1. The molecule has 0 bridgehead atoms. The number of hydrogen-bond donors (Lipinski definition) is 0. The van der Waals surface area contributed by atoms with Crippen molar-refractivity contribution in [2.24, 2.45) is 0 Å². The highest BCUT2D eigenvalue weighted by Gasteiger charge is 2.24. The van der Waals surface area contributed by atoms with E-state index in [9.17, 15) is 4.79 Å². The Morgan fingerprint density at radius 3 is 2.41 bits per heavy atom. The fourth-order valence-electron chi connectivity index (χ4n) is 2.69. The molecule has 0 radical (unpaired) electrons. The minimum absolute atomic E-state index is 0.174. The Bertz CT molecular complexity index is 941. The second-order valence-electron chi connectivity index (χ2n) is 6.40. The second kappa shape index (κ2) is 9.43. The third-order valence-electron chi connectivity index (χ3n) is 4.30. The lowest BCUT2D eigenvalue weighted by Gasteiger charge is -2.22. The van der Waals surface area contributed by atoms with Gasteiger partial charge in [-0.1, -0.05) is 23.7 Å². The van der Waals surface area contributed by atoms with Gasteiger partial charge in [-0.2, -0.15) is 4.98 Å². The maximum absolute atomic E-state index is 12.8. The highest BCUT2D eigenvalue weighted by molar-refractivity contribution is 6.30. The van der Waals surface area contributed by atoms with Crippen molar-refractivity contribution in [3.05, 3.63) is 59.4 Å². The summed E-state index contributed by atoms with van der Waals surface area (Å²) in [6, 6.07) is 14.2. The normalized spacial score (nSPS) is 11.7. The number of carbonyl (C=O) groups is 1. The predicted molar refractivity (Wildman–Crippen MR) is 109 cm³/mol. The van der Waals surface area contributed by atoms with Crippen LogP contribution in [0.4, 0.5) is 0 Å². The van der Waals surface area contributed by atoms with E-state index in [1.807, 2.05) is 31.2 Å². The molecule has 2 aromatic carbocycles. The molecule has 0 saturated carbocycles.